The Bertz CT molecular complexity index is 1380. The van der Waals surface area contributed by atoms with Crippen LogP contribution in [0, 0.1) is 0 Å². The normalized spacial score (nSPS) is 39.5. The van der Waals surface area contributed by atoms with Crippen molar-refractivity contribution in [3.63, 3.8) is 0 Å². The summed E-state index contributed by atoms with van der Waals surface area (Å²) in [6.45, 7) is -1.79. The SMILES string of the molecule is Nc1ncnc2c1ncn2[C@@H]1O[C@H](COP(=O)(O)OP(=O)(O)OC[C@H]2OC3OP(=O)(O)OC3C2O)[C@@H](O)[C@H]1O. The van der Waals surface area contributed by atoms with Crippen LogP contribution in [0.4, 0.5) is 5.82 Å². The molecule has 39 heavy (non-hydrogen) atoms. The first-order chi connectivity index (χ1) is 18.2. The highest BCUT2D eigenvalue weighted by molar-refractivity contribution is 7.61. The number of nitrogen functional groups attached to an aromatic ring is 1. The van der Waals surface area contributed by atoms with Crippen molar-refractivity contribution >= 4 is 40.4 Å². The molecule has 24 heteroatoms. The molecule has 218 valence electrons. The van der Waals surface area contributed by atoms with Crippen molar-refractivity contribution in [2.45, 2.75) is 49.1 Å². The largest absolute Gasteiger partial charge is 0.481 e. The van der Waals surface area contributed by atoms with Gasteiger partial charge in [-0.05, 0) is 0 Å². The minimum absolute atomic E-state index is 0.0511. The summed E-state index contributed by atoms with van der Waals surface area (Å²) in [5.74, 6) is 0.0511. The second kappa shape index (κ2) is 10.4. The van der Waals surface area contributed by atoms with Crippen LogP contribution in [0.2, 0.25) is 0 Å². The molecule has 0 amide bonds. The van der Waals surface area contributed by atoms with Crippen molar-refractivity contribution in [2.75, 3.05) is 18.9 Å². The number of imidazole rings is 1. The standard InChI is InChI=1S/C15H22N5O16P3/c16-12-7-13(18-3-17-12)20(4-19-7)14-10(23)8(21)5(32-14)1-30-37(24,25)36-38(26,27)31-2-6-9(22)11-15(33-6)35-39(28,29)34-11/h3-6,8-11,14-15,21-23H,1-2H2,(H,24,25)(H,26,27)(H,28,29)(H2,16,17,18)/t5-,6-,8-,9?,10-,11?,14-,15?/m1/s1. The Morgan fingerprint density at radius 3 is 2.26 bits per heavy atom. The Morgan fingerprint density at radius 1 is 0.974 bits per heavy atom. The van der Waals surface area contributed by atoms with Gasteiger partial charge in [0.15, 0.2) is 24.0 Å². The van der Waals surface area contributed by atoms with Gasteiger partial charge >= 0.3 is 23.5 Å². The number of hydrogen-bond donors (Lipinski definition) is 7. The van der Waals surface area contributed by atoms with Crippen molar-refractivity contribution in [1.29, 1.82) is 0 Å². The van der Waals surface area contributed by atoms with Crippen molar-refractivity contribution in [1.82, 2.24) is 19.5 Å². The number of anilines is 1. The number of hydrogen-bond acceptors (Lipinski definition) is 17. The first kappa shape index (κ1) is 29.0. The molecule has 3 aliphatic heterocycles. The predicted octanol–water partition coefficient (Wildman–Crippen LogP) is -2.12. The molecule has 0 spiro atoms. The molecule has 5 heterocycles. The zero-order chi connectivity index (χ0) is 28.3. The van der Waals surface area contributed by atoms with Crippen LogP contribution in [0.25, 0.3) is 11.2 Å². The van der Waals surface area contributed by atoms with Gasteiger partial charge in [-0.1, -0.05) is 0 Å². The van der Waals surface area contributed by atoms with Crippen molar-refractivity contribution in [3.05, 3.63) is 12.7 Å². The third-order valence-electron chi connectivity index (χ3n) is 5.80. The average molecular weight is 621 g/mol. The molecular weight excluding hydrogens is 599 g/mol. The van der Waals surface area contributed by atoms with Crippen molar-refractivity contribution in [2.24, 2.45) is 0 Å². The zero-order valence-electron chi connectivity index (χ0n) is 19.2. The van der Waals surface area contributed by atoms with E-state index in [1.807, 2.05) is 0 Å². The number of aliphatic hydroxyl groups is 3. The van der Waals surface area contributed by atoms with Gasteiger partial charge in [0.2, 0.25) is 0 Å². The number of nitrogens with two attached hydrogens (primary N) is 1. The van der Waals surface area contributed by atoms with Crippen LogP contribution in [0.1, 0.15) is 6.23 Å². The number of aromatic nitrogens is 4. The average Bonchev–Trinajstić information content (AvgIpc) is 3.54. The fraction of sp³-hybridized carbons (Fsp3) is 0.667. The number of nitrogens with zero attached hydrogens (tertiary/aromatic N) is 4. The molecule has 0 bridgehead atoms. The van der Waals surface area contributed by atoms with E-state index in [-0.39, 0.29) is 17.0 Å². The molecule has 2 aromatic heterocycles. The van der Waals surface area contributed by atoms with E-state index < -0.39 is 85.8 Å². The number of fused-ring (bicyclic) bond motifs is 2. The van der Waals surface area contributed by atoms with E-state index in [0.717, 1.165) is 6.33 Å². The van der Waals surface area contributed by atoms with E-state index in [9.17, 15) is 43.7 Å². The molecule has 6 unspecified atom stereocenters. The van der Waals surface area contributed by atoms with E-state index >= 15 is 0 Å². The van der Waals surface area contributed by atoms with E-state index in [1.165, 1.54) is 10.9 Å². The van der Waals surface area contributed by atoms with E-state index in [2.05, 4.69) is 37.4 Å². The van der Waals surface area contributed by atoms with Gasteiger partial charge in [-0.2, -0.15) is 4.31 Å². The molecule has 21 nitrogen and oxygen atoms in total. The molecule has 8 N–H and O–H groups in total. The predicted molar refractivity (Wildman–Crippen MR) is 119 cm³/mol. The molecular formula is C15H22N5O16P3. The summed E-state index contributed by atoms with van der Waals surface area (Å²) in [5, 5.41) is 30.8. The van der Waals surface area contributed by atoms with Crippen LogP contribution in [0.5, 0.6) is 0 Å². The first-order valence-corrected chi connectivity index (χ1v) is 15.3. The van der Waals surface area contributed by atoms with Gasteiger partial charge in [-0.15, -0.1) is 0 Å². The lowest BCUT2D eigenvalue weighted by molar-refractivity contribution is -0.0911. The van der Waals surface area contributed by atoms with E-state index in [4.69, 9.17) is 15.2 Å². The molecule has 0 saturated carbocycles. The zero-order valence-corrected chi connectivity index (χ0v) is 21.8. The quantitative estimate of drug-likeness (QED) is 0.147. The summed E-state index contributed by atoms with van der Waals surface area (Å²) in [4.78, 5) is 40.7. The van der Waals surface area contributed by atoms with Crippen molar-refractivity contribution < 1.29 is 75.6 Å². The Labute approximate surface area is 216 Å². The second-order valence-corrected chi connectivity index (χ2v) is 12.8. The maximum atomic E-state index is 12.3. The lowest BCUT2D eigenvalue weighted by Crippen LogP contribution is -2.34. The van der Waals surface area contributed by atoms with E-state index in [0.29, 0.717) is 0 Å². The Kier molecular flexibility index (Phi) is 7.75. The fourth-order valence-electron chi connectivity index (χ4n) is 4.01. The topological polar surface area (TPSA) is 307 Å². The minimum atomic E-state index is -5.34. The molecule has 3 saturated heterocycles. The van der Waals surface area contributed by atoms with Crippen LogP contribution in [0.3, 0.4) is 0 Å². The third-order valence-corrected chi connectivity index (χ3v) is 9.38. The Balaban J connectivity index is 1.15. The molecule has 0 aliphatic carbocycles. The van der Waals surface area contributed by atoms with Crippen molar-refractivity contribution in [3.8, 4) is 0 Å². The summed E-state index contributed by atoms with van der Waals surface area (Å²) in [5.41, 5.74) is 6.08. The van der Waals surface area contributed by atoms with Crippen LogP contribution < -0.4 is 5.73 Å². The van der Waals surface area contributed by atoms with Gasteiger partial charge in [0, 0.05) is 0 Å². The number of phosphoric ester groups is 3. The van der Waals surface area contributed by atoms with Gasteiger partial charge in [-0.3, -0.25) is 22.7 Å². The summed E-state index contributed by atoms with van der Waals surface area (Å²) >= 11 is 0. The van der Waals surface area contributed by atoms with Crippen LogP contribution in [0.15, 0.2) is 12.7 Å². The first-order valence-electron chi connectivity index (χ1n) is 10.8. The van der Waals surface area contributed by atoms with Gasteiger partial charge in [0.05, 0.1) is 19.5 Å². The lowest BCUT2D eigenvalue weighted by Gasteiger charge is -2.21. The van der Waals surface area contributed by atoms with Gasteiger partial charge in [0.25, 0.3) is 0 Å². The van der Waals surface area contributed by atoms with Crippen LogP contribution >= 0.6 is 23.5 Å². The highest BCUT2D eigenvalue weighted by Crippen LogP contribution is 2.61. The summed E-state index contributed by atoms with van der Waals surface area (Å²) in [6.07, 6.45) is -9.43. The molecule has 0 radical (unpaired) electrons. The molecule has 3 aliphatic rings. The highest BCUT2D eigenvalue weighted by Gasteiger charge is 2.56. The maximum absolute atomic E-state index is 12.3. The fourth-order valence-corrected chi connectivity index (χ4v) is 7.12. The molecule has 3 fully saturated rings. The van der Waals surface area contributed by atoms with Gasteiger partial charge < -0.3 is 45.2 Å². The number of rotatable bonds is 9. The Morgan fingerprint density at radius 2 is 1.62 bits per heavy atom. The number of phosphoric acid groups is 3. The van der Waals surface area contributed by atoms with Gasteiger partial charge in [0.1, 0.15) is 48.5 Å². The second-order valence-electron chi connectivity index (χ2n) is 8.42. The van der Waals surface area contributed by atoms with Gasteiger partial charge in [-0.25, -0.2) is 28.6 Å². The number of ether oxygens (including phenoxy) is 2. The van der Waals surface area contributed by atoms with Crippen LogP contribution in [-0.4, -0.2) is 106 Å². The summed E-state index contributed by atoms with van der Waals surface area (Å²) in [6, 6.07) is 0. The summed E-state index contributed by atoms with van der Waals surface area (Å²) in [7, 11) is -15.1. The maximum Gasteiger partial charge on any atom is 0.481 e. The molecule has 5 rings (SSSR count). The highest BCUT2D eigenvalue weighted by atomic mass is 31.3. The molecule has 0 aromatic carbocycles. The third kappa shape index (κ3) is 5.95. The smallest absolute Gasteiger partial charge is 0.387 e. The van der Waals surface area contributed by atoms with E-state index in [1.54, 1.807) is 0 Å². The summed E-state index contributed by atoms with van der Waals surface area (Å²) < 4.78 is 70.2. The Hall–Kier alpha value is -1.48. The minimum Gasteiger partial charge on any atom is -0.387 e. The molecule has 11 atom stereocenters. The molecule has 2 aromatic rings. The monoisotopic (exact) mass is 621 g/mol. The number of aliphatic hydroxyl groups excluding tert-OH is 3. The van der Waals surface area contributed by atoms with Crippen LogP contribution in [-0.2, 0) is 45.6 Å². The lowest BCUT2D eigenvalue weighted by atomic mass is 10.1.